The third-order valence-corrected chi connectivity index (χ3v) is 7.71. The molecule has 1 aliphatic rings. The van der Waals surface area contributed by atoms with Gasteiger partial charge in [-0.15, -0.1) is 0 Å². The van der Waals surface area contributed by atoms with Gasteiger partial charge in [0.1, 0.15) is 9.57 Å². The Bertz CT molecular complexity index is 745. The van der Waals surface area contributed by atoms with Crippen LogP contribution >= 0.6 is 32.9 Å². The Morgan fingerprint density at radius 1 is 1.25 bits per heavy atom. The molecular weight excluding hydrogens is 358 g/mol. The van der Waals surface area contributed by atoms with Crippen LogP contribution in [-0.2, 0) is 13.0 Å². The highest BCUT2D eigenvalue weighted by Crippen LogP contribution is 2.37. The zero-order chi connectivity index (χ0) is 17.1. The summed E-state index contributed by atoms with van der Waals surface area (Å²) < 4.78 is 0.997. The molecule has 0 aliphatic carbocycles. The van der Waals surface area contributed by atoms with E-state index in [0.29, 0.717) is 5.75 Å². The second kappa shape index (κ2) is 8.06. The fraction of sp³-hybridized carbons (Fsp3) is 0.500. The fourth-order valence-electron chi connectivity index (χ4n) is 3.13. The Labute approximate surface area is 155 Å². The number of benzene rings is 1. The fourth-order valence-corrected chi connectivity index (χ4v) is 6.13. The second-order valence-corrected chi connectivity index (χ2v) is 9.18. The highest BCUT2D eigenvalue weighted by Gasteiger charge is 2.19. The maximum absolute atomic E-state index is 10.3. The number of nitrogens with zero attached hydrogens (tertiary/aromatic N) is 1. The molecule has 0 amide bonds. The predicted octanol–water partition coefficient (Wildman–Crippen LogP) is 4.82. The molecule has 3 nitrogen and oxygen atoms in total. The minimum absolute atomic E-state index is 0.170. The van der Waals surface area contributed by atoms with Gasteiger partial charge in [-0.2, -0.15) is 0 Å². The first-order valence-corrected chi connectivity index (χ1v) is 11.0. The van der Waals surface area contributed by atoms with Gasteiger partial charge in [-0.05, 0) is 48.6 Å². The molecule has 130 valence electrons. The average Bonchev–Trinajstić information content (AvgIpc) is 2.93. The molecule has 0 atom stereocenters. The van der Waals surface area contributed by atoms with Crippen molar-refractivity contribution >= 4 is 32.9 Å². The summed E-state index contributed by atoms with van der Waals surface area (Å²) in [5.74, 6) is 0.348. The van der Waals surface area contributed by atoms with Crippen LogP contribution in [0.15, 0.2) is 18.2 Å². The average molecular weight is 382 g/mol. The molecule has 0 bridgehead atoms. The van der Waals surface area contributed by atoms with Gasteiger partial charge in [-0.25, -0.2) is 0 Å². The number of aliphatic hydroxyl groups excluding tert-OH is 1. The van der Waals surface area contributed by atoms with Crippen LogP contribution in [0.25, 0.3) is 10.4 Å². The van der Waals surface area contributed by atoms with Crippen LogP contribution in [-0.4, -0.2) is 34.3 Å². The third-order valence-electron chi connectivity index (χ3n) is 4.51. The first-order valence-electron chi connectivity index (χ1n) is 8.43. The smallest absolute Gasteiger partial charge is 0.120 e. The number of likely N-dealkylation sites (tertiary alicyclic amines) is 1. The van der Waals surface area contributed by atoms with Gasteiger partial charge < -0.3 is 10.2 Å². The molecule has 0 unspecified atom stereocenters. The quantitative estimate of drug-likeness (QED) is 0.576. The van der Waals surface area contributed by atoms with Crippen LogP contribution in [0.2, 0.25) is 0 Å². The number of phenols is 1. The number of hydrogen-bond acceptors (Lipinski definition) is 6. The third kappa shape index (κ3) is 4.06. The molecule has 2 heterocycles. The Kier molecular flexibility index (Phi) is 6.05. The largest absolute Gasteiger partial charge is 0.508 e. The van der Waals surface area contributed by atoms with Gasteiger partial charge in [0.2, 0.25) is 0 Å². The number of rotatable bonds is 5. The van der Waals surface area contributed by atoms with Gasteiger partial charge in [0.05, 0.1) is 11.0 Å². The number of hydrogen-bond donors (Lipinski definition) is 2. The maximum atomic E-state index is 10.3. The predicted molar refractivity (Wildman–Crippen MR) is 105 cm³/mol. The summed E-state index contributed by atoms with van der Waals surface area (Å²) in [6.45, 7) is 4.66. The van der Waals surface area contributed by atoms with Crippen molar-refractivity contribution in [2.75, 3.05) is 13.1 Å². The lowest BCUT2D eigenvalue weighted by molar-refractivity contribution is 0.0789. The minimum atomic E-state index is -0.170. The van der Waals surface area contributed by atoms with Crippen molar-refractivity contribution in [3.05, 3.63) is 33.1 Å². The molecule has 6 heteroatoms. The van der Waals surface area contributed by atoms with Gasteiger partial charge in [0.15, 0.2) is 0 Å². The summed E-state index contributed by atoms with van der Waals surface area (Å²) >= 11 is 5.49. The lowest BCUT2D eigenvalue weighted by atomic mass is 10.0. The van der Waals surface area contributed by atoms with E-state index in [0.717, 1.165) is 60.3 Å². The summed E-state index contributed by atoms with van der Waals surface area (Å²) in [5, 5.41) is 19.9. The SMILES string of the molecule is CCCc1c(-c2ccc(O)c(CN3CCC(O)CC3)c2)ssc1=S. The van der Waals surface area contributed by atoms with Crippen molar-refractivity contribution in [3.63, 3.8) is 0 Å². The molecule has 1 saturated heterocycles. The lowest BCUT2D eigenvalue weighted by Crippen LogP contribution is -2.35. The number of phenolic OH excluding ortho intramolecular Hbond substituents is 1. The van der Waals surface area contributed by atoms with Gasteiger partial charge in [0.25, 0.3) is 0 Å². The summed E-state index contributed by atoms with van der Waals surface area (Å²) in [4.78, 5) is 3.55. The minimum Gasteiger partial charge on any atom is -0.508 e. The molecule has 1 aliphatic heterocycles. The van der Waals surface area contributed by atoms with Gasteiger partial charge >= 0.3 is 0 Å². The van der Waals surface area contributed by atoms with Gasteiger partial charge in [-0.3, -0.25) is 4.90 Å². The van der Waals surface area contributed by atoms with Crippen LogP contribution in [0.3, 0.4) is 0 Å². The molecule has 2 aromatic rings. The van der Waals surface area contributed by atoms with Crippen molar-refractivity contribution in [3.8, 4) is 16.2 Å². The molecule has 2 N–H and O–H groups in total. The van der Waals surface area contributed by atoms with E-state index in [1.165, 1.54) is 10.4 Å². The van der Waals surface area contributed by atoms with E-state index >= 15 is 0 Å². The molecule has 3 rings (SSSR count). The van der Waals surface area contributed by atoms with Gasteiger partial charge in [-0.1, -0.05) is 46.2 Å². The van der Waals surface area contributed by atoms with E-state index in [1.54, 1.807) is 26.7 Å². The van der Waals surface area contributed by atoms with Crippen molar-refractivity contribution in [2.24, 2.45) is 0 Å². The van der Waals surface area contributed by atoms with Crippen LogP contribution in [0.4, 0.5) is 0 Å². The first-order chi connectivity index (χ1) is 11.6. The van der Waals surface area contributed by atoms with Crippen LogP contribution in [0, 0.1) is 3.82 Å². The Morgan fingerprint density at radius 2 is 2.00 bits per heavy atom. The van der Waals surface area contributed by atoms with Crippen molar-refractivity contribution in [1.82, 2.24) is 4.90 Å². The number of aliphatic hydroxyl groups is 1. The van der Waals surface area contributed by atoms with Crippen molar-refractivity contribution in [1.29, 1.82) is 0 Å². The Balaban J connectivity index is 1.85. The molecule has 0 spiro atoms. The van der Waals surface area contributed by atoms with Crippen LogP contribution in [0.5, 0.6) is 5.75 Å². The van der Waals surface area contributed by atoms with E-state index in [-0.39, 0.29) is 6.10 Å². The van der Waals surface area contributed by atoms with Crippen molar-refractivity contribution < 1.29 is 10.2 Å². The zero-order valence-corrected chi connectivity index (χ0v) is 16.3. The number of piperidine rings is 1. The molecule has 1 aromatic carbocycles. The van der Waals surface area contributed by atoms with Crippen LogP contribution < -0.4 is 0 Å². The van der Waals surface area contributed by atoms with Crippen molar-refractivity contribution in [2.45, 2.75) is 45.3 Å². The van der Waals surface area contributed by atoms with E-state index in [1.807, 2.05) is 6.07 Å². The van der Waals surface area contributed by atoms with E-state index in [9.17, 15) is 10.2 Å². The van der Waals surface area contributed by atoms with E-state index in [2.05, 4.69) is 17.9 Å². The maximum Gasteiger partial charge on any atom is 0.120 e. The summed E-state index contributed by atoms with van der Waals surface area (Å²) in [5.41, 5.74) is 3.39. The topological polar surface area (TPSA) is 43.7 Å². The highest BCUT2D eigenvalue weighted by molar-refractivity contribution is 7.80. The molecule has 1 fully saturated rings. The molecule has 24 heavy (non-hydrogen) atoms. The zero-order valence-electron chi connectivity index (χ0n) is 13.8. The standard InChI is InChI=1S/C18H23NO2S3/c1-2-3-15-17(23-24-18(15)22)12-4-5-16(21)13(10-12)11-19-8-6-14(20)7-9-19/h4-5,10,14,20-21H,2-3,6-9,11H2,1H3. The number of aromatic hydroxyl groups is 1. The molecule has 1 aromatic heterocycles. The summed E-state index contributed by atoms with van der Waals surface area (Å²) in [6.07, 6.45) is 3.55. The summed E-state index contributed by atoms with van der Waals surface area (Å²) in [7, 11) is 3.41. The highest BCUT2D eigenvalue weighted by atomic mass is 32.9. The molecule has 0 saturated carbocycles. The normalized spacial score (nSPS) is 16.6. The first kappa shape index (κ1) is 18.0. The van der Waals surface area contributed by atoms with E-state index in [4.69, 9.17) is 12.2 Å². The van der Waals surface area contributed by atoms with E-state index < -0.39 is 0 Å². The Hall–Kier alpha value is -0.790. The van der Waals surface area contributed by atoms with Gasteiger partial charge in [0, 0.05) is 25.2 Å². The Morgan fingerprint density at radius 3 is 2.71 bits per heavy atom. The monoisotopic (exact) mass is 381 g/mol. The van der Waals surface area contributed by atoms with Crippen LogP contribution in [0.1, 0.15) is 37.3 Å². The summed E-state index contributed by atoms with van der Waals surface area (Å²) in [6, 6.07) is 5.89. The lowest BCUT2D eigenvalue weighted by Gasteiger charge is -2.29. The second-order valence-electron chi connectivity index (χ2n) is 6.36. The molecule has 0 radical (unpaired) electrons. The molecular formula is C18H23NO2S3.